The molecular weight excluding hydrogens is 272 g/mol. The van der Waals surface area contributed by atoms with Crippen molar-refractivity contribution < 1.29 is 4.79 Å². The van der Waals surface area contributed by atoms with Crippen LogP contribution in [-0.2, 0) is 4.79 Å². The van der Waals surface area contributed by atoms with E-state index < -0.39 is 0 Å². The van der Waals surface area contributed by atoms with Crippen molar-refractivity contribution in [2.75, 3.05) is 24.1 Å². The average molecular weight is 290 g/mol. The predicted octanol–water partition coefficient (Wildman–Crippen LogP) is 2.30. The maximum Gasteiger partial charge on any atom is 0.243 e. The molecule has 1 amide bonds. The SMILES string of the molecule is CC(C(=O)Nc1nc2ccc(N)cc2s1)N1CCCC1. The van der Waals surface area contributed by atoms with Crippen molar-refractivity contribution in [1.82, 2.24) is 9.88 Å². The Morgan fingerprint density at radius 2 is 2.20 bits per heavy atom. The summed E-state index contributed by atoms with van der Waals surface area (Å²) in [5.41, 5.74) is 7.33. The molecule has 3 N–H and O–H groups in total. The zero-order valence-electron chi connectivity index (χ0n) is 11.4. The van der Waals surface area contributed by atoms with Gasteiger partial charge in [0.15, 0.2) is 5.13 Å². The molecule has 1 atom stereocenters. The van der Waals surface area contributed by atoms with Crippen LogP contribution in [0.15, 0.2) is 18.2 Å². The van der Waals surface area contributed by atoms with Gasteiger partial charge in [-0.1, -0.05) is 11.3 Å². The molecule has 20 heavy (non-hydrogen) atoms. The number of anilines is 2. The van der Waals surface area contributed by atoms with E-state index in [9.17, 15) is 4.79 Å². The summed E-state index contributed by atoms with van der Waals surface area (Å²) in [6.07, 6.45) is 2.36. The molecule has 0 bridgehead atoms. The summed E-state index contributed by atoms with van der Waals surface area (Å²) in [5, 5.41) is 3.55. The molecule has 2 aromatic rings. The van der Waals surface area contributed by atoms with Gasteiger partial charge in [-0.3, -0.25) is 9.69 Å². The number of nitrogens with one attached hydrogen (secondary N) is 1. The van der Waals surface area contributed by atoms with Gasteiger partial charge >= 0.3 is 0 Å². The Hall–Kier alpha value is -1.66. The Labute approximate surface area is 121 Å². The van der Waals surface area contributed by atoms with E-state index in [2.05, 4.69) is 15.2 Å². The second-order valence-corrected chi connectivity index (χ2v) is 6.19. The van der Waals surface area contributed by atoms with Crippen molar-refractivity contribution in [1.29, 1.82) is 0 Å². The third kappa shape index (κ3) is 2.62. The smallest absolute Gasteiger partial charge is 0.243 e. The lowest BCUT2D eigenvalue weighted by Crippen LogP contribution is -2.40. The molecular formula is C14H18N4OS. The molecule has 6 heteroatoms. The van der Waals surface area contributed by atoms with Crippen LogP contribution in [-0.4, -0.2) is 34.9 Å². The number of fused-ring (bicyclic) bond motifs is 1. The summed E-state index contributed by atoms with van der Waals surface area (Å²) < 4.78 is 0.995. The third-order valence-corrected chi connectivity index (χ3v) is 4.64. The standard InChI is InChI=1S/C14H18N4OS/c1-9(18-6-2-3-7-18)13(19)17-14-16-11-5-4-10(15)8-12(11)20-14/h4-5,8-9H,2-3,6-7,15H2,1H3,(H,16,17,19). The normalized spacial score (nSPS) is 17.4. The van der Waals surface area contributed by atoms with Gasteiger partial charge in [0.1, 0.15) is 0 Å². The van der Waals surface area contributed by atoms with E-state index in [0.717, 1.165) is 23.3 Å². The van der Waals surface area contributed by atoms with E-state index in [-0.39, 0.29) is 11.9 Å². The number of amides is 1. The van der Waals surface area contributed by atoms with Crippen LogP contribution in [0.1, 0.15) is 19.8 Å². The number of nitrogen functional groups attached to an aromatic ring is 1. The first-order chi connectivity index (χ1) is 9.63. The Morgan fingerprint density at radius 1 is 1.45 bits per heavy atom. The lowest BCUT2D eigenvalue weighted by molar-refractivity contribution is -0.120. The van der Waals surface area contributed by atoms with Gasteiger partial charge in [0.2, 0.25) is 5.91 Å². The van der Waals surface area contributed by atoms with Crippen molar-refractivity contribution in [3.05, 3.63) is 18.2 Å². The van der Waals surface area contributed by atoms with E-state index in [1.165, 1.54) is 24.2 Å². The molecule has 1 fully saturated rings. The average Bonchev–Trinajstić information content (AvgIpc) is 3.05. The van der Waals surface area contributed by atoms with Crippen molar-refractivity contribution >= 4 is 38.3 Å². The highest BCUT2D eigenvalue weighted by molar-refractivity contribution is 7.22. The van der Waals surface area contributed by atoms with Crippen LogP contribution < -0.4 is 11.1 Å². The molecule has 0 saturated carbocycles. The van der Waals surface area contributed by atoms with Crippen LogP contribution in [0.5, 0.6) is 0 Å². The maximum absolute atomic E-state index is 12.2. The monoisotopic (exact) mass is 290 g/mol. The summed E-state index contributed by atoms with van der Waals surface area (Å²) in [6.45, 7) is 3.96. The van der Waals surface area contributed by atoms with E-state index in [1.807, 2.05) is 25.1 Å². The summed E-state index contributed by atoms with van der Waals surface area (Å²) in [6, 6.07) is 5.47. The number of thiazole rings is 1. The Morgan fingerprint density at radius 3 is 2.95 bits per heavy atom. The number of carbonyl (C=O) groups excluding carboxylic acids is 1. The van der Waals surface area contributed by atoms with Crippen molar-refractivity contribution in [2.45, 2.75) is 25.8 Å². The van der Waals surface area contributed by atoms with Gasteiger partial charge in [0.05, 0.1) is 16.3 Å². The zero-order chi connectivity index (χ0) is 14.1. The fourth-order valence-corrected chi connectivity index (χ4v) is 3.42. The van der Waals surface area contributed by atoms with Gasteiger partial charge in [-0.15, -0.1) is 0 Å². The minimum atomic E-state index is -0.102. The highest BCUT2D eigenvalue weighted by Gasteiger charge is 2.24. The van der Waals surface area contributed by atoms with Crippen LogP contribution in [0.25, 0.3) is 10.2 Å². The number of benzene rings is 1. The second-order valence-electron chi connectivity index (χ2n) is 5.15. The van der Waals surface area contributed by atoms with E-state index in [1.54, 1.807) is 0 Å². The number of likely N-dealkylation sites (tertiary alicyclic amines) is 1. The number of hydrogen-bond donors (Lipinski definition) is 2. The molecule has 3 rings (SSSR count). The third-order valence-electron chi connectivity index (χ3n) is 3.71. The van der Waals surface area contributed by atoms with E-state index in [4.69, 9.17) is 5.73 Å². The molecule has 1 saturated heterocycles. The van der Waals surface area contributed by atoms with Gasteiger partial charge in [-0.2, -0.15) is 0 Å². The minimum Gasteiger partial charge on any atom is -0.399 e. The number of carbonyl (C=O) groups is 1. The summed E-state index contributed by atoms with van der Waals surface area (Å²) >= 11 is 1.46. The van der Waals surface area contributed by atoms with Crippen LogP contribution in [0, 0.1) is 0 Å². The lowest BCUT2D eigenvalue weighted by atomic mass is 10.3. The second kappa shape index (κ2) is 5.38. The molecule has 106 valence electrons. The van der Waals surface area contributed by atoms with Gasteiger partial charge < -0.3 is 11.1 Å². The number of nitrogens with zero attached hydrogens (tertiary/aromatic N) is 2. The quantitative estimate of drug-likeness (QED) is 0.851. The van der Waals surface area contributed by atoms with Crippen LogP contribution in [0.4, 0.5) is 10.8 Å². The van der Waals surface area contributed by atoms with Crippen LogP contribution in [0.2, 0.25) is 0 Å². The molecule has 0 spiro atoms. The molecule has 5 nitrogen and oxygen atoms in total. The largest absolute Gasteiger partial charge is 0.399 e. The van der Waals surface area contributed by atoms with E-state index in [0.29, 0.717) is 10.8 Å². The zero-order valence-corrected chi connectivity index (χ0v) is 12.2. The molecule has 1 aliphatic heterocycles. The lowest BCUT2D eigenvalue weighted by Gasteiger charge is -2.21. The number of hydrogen-bond acceptors (Lipinski definition) is 5. The summed E-state index contributed by atoms with van der Waals surface area (Å²) in [4.78, 5) is 18.9. The Bertz CT molecular complexity index is 633. The molecule has 1 aromatic heterocycles. The minimum absolute atomic E-state index is 0.0129. The molecule has 1 aliphatic rings. The summed E-state index contributed by atoms with van der Waals surface area (Å²) in [5.74, 6) is 0.0129. The number of rotatable bonds is 3. The molecule has 2 heterocycles. The molecule has 0 radical (unpaired) electrons. The number of nitrogens with two attached hydrogens (primary N) is 1. The van der Waals surface area contributed by atoms with Gasteiger partial charge in [-0.05, 0) is 51.1 Å². The Balaban J connectivity index is 1.73. The fourth-order valence-electron chi connectivity index (χ4n) is 2.50. The van der Waals surface area contributed by atoms with Crippen molar-refractivity contribution in [3.63, 3.8) is 0 Å². The first kappa shape index (κ1) is 13.3. The predicted molar refractivity (Wildman–Crippen MR) is 82.9 cm³/mol. The fraction of sp³-hybridized carbons (Fsp3) is 0.429. The number of aromatic nitrogens is 1. The van der Waals surface area contributed by atoms with Crippen LogP contribution in [0.3, 0.4) is 0 Å². The maximum atomic E-state index is 12.2. The topological polar surface area (TPSA) is 71.2 Å². The van der Waals surface area contributed by atoms with E-state index >= 15 is 0 Å². The van der Waals surface area contributed by atoms with Crippen molar-refractivity contribution in [3.8, 4) is 0 Å². The first-order valence-electron chi connectivity index (χ1n) is 6.84. The highest BCUT2D eigenvalue weighted by atomic mass is 32.1. The Kier molecular flexibility index (Phi) is 3.58. The first-order valence-corrected chi connectivity index (χ1v) is 7.66. The van der Waals surface area contributed by atoms with Crippen molar-refractivity contribution in [2.24, 2.45) is 0 Å². The summed E-state index contributed by atoms with van der Waals surface area (Å²) in [7, 11) is 0. The van der Waals surface area contributed by atoms with Gasteiger partial charge in [0.25, 0.3) is 0 Å². The van der Waals surface area contributed by atoms with Gasteiger partial charge in [0, 0.05) is 5.69 Å². The molecule has 0 aliphatic carbocycles. The van der Waals surface area contributed by atoms with Crippen LogP contribution >= 0.6 is 11.3 Å². The van der Waals surface area contributed by atoms with Gasteiger partial charge in [-0.25, -0.2) is 4.98 Å². The highest BCUT2D eigenvalue weighted by Crippen LogP contribution is 2.27. The molecule has 1 aromatic carbocycles. The molecule has 1 unspecified atom stereocenters.